The topological polar surface area (TPSA) is 95.1 Å². The highest BCUT2D eigenvalue weighted by molar-refractivity contribution is 5.96. The van der Waals surface area contributed by atoms with Gasteiger partial charge in [-0.3, -0.25) is 14.5 Å². The third-order valence-electron chi connectivity index (χ3n) is 8.19. The predicted octanol–water partition coefficient (Wildman–Crippen LogP) is 3.25. The van der Waals surface area contributed by atoms with Gasteiger partial charge in [-0.1, -0.05) is 36.4 Å². The molecule has 0 bridgehead atoms. The van der Waals surface area contributed by atoms with Crippen molar-refractivity contribution in [3.63, 3.8) is 0 Å². The number of carbonyl (C=O) groups is 3. The van der Waals surface area contributed by atoms with E-state index < -0.39 is 12.1 Å². The van der Waals surface area contributed by atoms with Crippen molar-refractivity contribution in [2.75, 3.05) is 44.6 Å². The first-order valence-corrected chi connectivity index (χ1v) is 13.7. The summed E-state index contributed by atoms with van der Waals surface area (Å²) in [5.74, 6) is 1.24. The Kier molecular flexibility index (Phi) is 6.91. The average Bonchev–Trinajstić information content (AvgIpc) is 3.50. The molecular weight excluding hydrogens is 494 g/mol. The zero-order valence-corrected chi connectivity index (χ0v) is 22.1. The van der Waals surface area contributed by atoms with Gasteiger partial charge in [-0.05, 0) is 54.0 Å². The van der Waals surface area contributed by atoms with Gasteiger partial charge < -0.3 is 19.9 Å². The number of fused-ring (bicyclic) bond motifs is 3. The van der Waals surface area contributed by atoms with Crippen LogP contribution >= 0.6 is 0 Å². The van der Waals surface area contributed by atoms with Crippen molar-refractivity contribution >= 4 is 35.4 Å². The number of anilines is 1. The number of carbonyl (C=O) groups excluding carboxylic acids is 3. The summed E-state index contributed by atoms with van der Waals surface area (Å²) in [5.41, 5.74) is 4.37. The van der Waals surface area contributed by atoms with Gasteiger partial charge in [0.05, 0.1) is 6.61 Å². The molecule has 3 amide bonds. The monoisotopic (exact) mass is 527 g/mol. The summed E-state index contributed by atoms with van der Waals surface area (Å²) in [4.78, 5) is 48.2. The number of nitrogens with one attached hydrogen (secondary N) is 1. The molecule has 2 aromatic rings. The van der Waals surface area contributed by atoms with E-state index in [0.717, 1.165) is 30.6 Å². The fourth-order valence-electron chi connectivity index (χ4n) is 6.14. The summed E-state index contributed by atoms with van der Waals surface area (Å²) in [6, 6.07) is 12.0. The number of rotatable bonds is 4. The van der Waals surface area contributed by atoms with Crippen LogP contribution in [-0.2, 0) is 20.9 Å². The lowest BCUT2D eigenvalue weighted by Crippen LogP contribution is -2.57. The molecule has 0 spiro atoms. The Labute approximate surface area is 228 Å². The lowest BCUT2D eigenvalue weighted by Gasteiger charge is -2.38. The Bertz CT molecular complexity index is 1340. The molecule has 2 saturated heterocycles. The minimum atomic E-state index is -0.469. The first-order valence-electron chi connectivity index (χ1n) is 13.7. The summed E-state index contributed by atoms with van der Waals surface area (Å²) in [6.07, 6.45) is 8.07. The minimum Gasteiger partial charge on any atom is -0.450 e. The van der Waals surface area contributed by atoms with Crippen molar-refractivity contribution in [3.05, 3.63) is 71.4 Å². The fraction of sp³-hybridized carbons (Fsp3) is 0.400. The molecule has 1 aromatic carbocycles. The maximum atomic E-state index is 13.0. The maximum absolute atomic E-state index is 13.0. The van der Waals surface area contributed by atoms with Crippen LogP contribution in [0.3, 0.4) is 0 Å². The van der Waals surface area contributed by atoms with Crippen LogP contribution in [-0.4, -0.2) is 83.0 Å². The van der Waals surface area contributed by atoms with Crippen molar-refractivity contribution in [1.29, 1.82) is 0 Å². The molecule has 9 nitrogen and oxygen atoms in total. The summed E-state index contributed by atoms with van der Waals surface area (Å²) in [7, 11) is 0. The molecule has 1 N–H and O–H groups in total. The van der Waals surface area contributed by atoms with Gasteiger partial charge in [-0.15, -0.1) is 0 Å². The van der Waals surface area contributed by atoms with Gasteiger partial charge in [0.1, 0.15) is 11.9 Å². The summed E-state index contributed by atoms with van der Waals surface area (Å²) in [6.45, 7) is 5.46. The number of pyridine rings is 1. The molecule has 3 aliphatic heterocycles. The van der Waals surface area contributed by atoms with Crippen molar-refractivity contribution < 1.29 is 19.1 Å². The van der Waals surface area contributed by atoms with Crippen molar-refractivity contribution in [2.24, 2.45) is 11.8 Å². The Balaban J connectivity index is 1.09. The van der Waals surface area contributed by atoms with E-state index in [1.807, 2.05) is 17.0 Å². The highest BCUT2D eigenvalue weighted by Gasteiger charge is 2.39. The molecule has 0 saturated carbocycles. The standard InChI is InChI=1S/C30H33N5O4/c1-2-39-30(38)34-11-10-33-18-25-12-20(15-31-28(25)32-29(37)26(33)19-34)8-9-27(36)35-16-23-13-22(14-24(23)17-35)21-6-4-3-5-7-21/h3-9,12-13,15,23-24,26H,2,10-11,14,16-19H2,1H3,(H,31,32,37). The van der Waals surface area contributed by atoms with Crippen LogP contribution in [0.1, 0.15) is 30.0 Å². The van der Waals surface area contributed by atoms with Gasteiger partial charge in [-0.25, -0.2) is 9.78 Å². The van der Waals surface area contributed by atoms with E-state index in [1.54, 1.807) is 30.2 Å². The van der Waals surface area contributed by atoms with E-state index in [0.29, 0.717) is 43.9 Å². The van der Waals surface area contributed by atoms with E-state index in [9.17, 15) is 14.4 Å². The summed E-state index contributed by atoms with van der Waals surface area (Å²) in [5, 5.41) is 2.91. The Morgan fingerprint density at radius 3 is 2.77 bits per heavy atom. The third kappa shape index (κ3) is 5.18. The van der Waals surface area contributed by atoms with Gasteiger partial charge >= 0.3 is 6.09 Å². The second kappa shape index (κ2) is 10.6. The molecule has 6 rings (SSSR count). The summed E-state index contributed by atoms with van der Waals surface area (Å²) < 4.78 is 5.12. The van der Waals surface area contributed by atoms with Crippen LogP contribution < -0.4 is 5.32 Å². The van der Waals surface area contributed by atoms with E-state index in [1.165, 1.54) is 11.1 Å². The zero-order chi connectivity index (χ0) is 26.9. The number of hydrogen-bond acceptors (Lipinski definition) is 6. The number of likely N-dealkylation sites (tertiary alicyclic amines) is 1. The molecule has 202 valence electrons. The number of nitrogens with zero attached hydrogens (tertiary/aromatic N) is 4. The first-order chi connectivity index (χ1) is 19.0. The van der Waals surface area contributed by atoms with Gasteiger partial charge in [-0.2, -0.15) is 0 Å². The minimum absolute atomic E-state index is 0.0115. The number of hydrogen-bond donors (Lipinski definition) is 1. The quantitative estimate of drug-likeness (QED) is 0.614. The predicted molar refractivity (Wildman–Crippen MR) is 147 cm³/mol. The highest BCUT2D eigenvalue weighted by atomic mass is 16.6. The van der Waals surface area contributed by atoms with Gasteiger partial charge in [0.25, 0.3) is 0 Å². The molecule has 3 atom stereocenters. The number of amides is 3. The SMILES string of the molecule is CCOC(=O)N1CCN2Cc3cc(C=CC(=O)N4CC5C=C(c6ccccc6)CC5C4)cnc3NC(=O)C2C1. The molecule has 4 aliphatic rings. The van der Waals surface area contributed by atoms with Crippen LogP contribution in [0.4, 0.5) is 10.6 Å². The number of aromatic nitrogens is 1. The normalized spacial score (nSPS) is 24.5. The van der Waals surface area contributed by atoms with Crippen LogP contribution in [0.2, 0.25) is 0 Å². The Morgan fingerprint density at radius 1 is 1.13 bits per heavy atom. The number of benzene rings is 1. The first kappa shape index (κ1) is 25.3. The number of ether oxygens (including phenoxy) is 1. The van der Waals surface area contributed by atoms with E-state index in [4.69, 9.17) is 4.74 Å². The fourth-order valence-corrected chi connectivity index (χ4v) is 6.14. The third-order valence-corrected chi connectivity index (χ3v) is 8.19. The lowest BCUT2D eigenvalue weighted by molar-refractivity contribution is -0.125. The average molecular weight is 528 g/mol. The van der Waals surface area contributed by atoms with Crippen molar-refractivity contribution in [1.82, 2.24) is 19.7 Å². The van der Waals surface area contributed by atoms with E-state index in [2.05, 4.69) is 45.5 Å². The van der Waals surface area contributed by atoms with Crippen molar-refractivity contribution in [2.45, 2.75) is 25.9 Å². The molecular formula is C30H33N5O4. The highest BCUT2D eigenvalue weighted by Crippen LogP contribution is 2.41. The van der Waals surface area contributed by atoms with Crippen LogP contribution in [0.5, 0.6) is 0 Å². The van der Waals surface area contributed by atoms with Crippen LogP contribution in [0.25, 0.3) is 11.6 Å². The molecule has 4 heterocycles. The molecule has 9 heteroatoms. The zero-order valence-electron chi connectivity index (χ0n) is 22.1. The molecule has 1 aliphatic carbocycles. The second-order valence-electron chi connectivity index (χ2n) is 10.7. The Hall–Kier alpha value is -3.98. The molecule has 0 radical (unpaired) electrons. The molecule has 1 aromatic heterocycles. The number of piperazine rings is 1. The van der Waals surface area contributed by atoms with Crippen molar-refractivity contribution in [3.8, 4) is 0 Å². The molecule has 2 fully saturated rings. The van der Waals surface area contributed by atoms with Gasteiger partial charge in [0.15, 0.2) is 0 Å². The van der Waals surface area contributed by atoms with Gasteiger partial charge in [0, 0.05) is 57.1 Å². The Morgan fingerprint density at radius 2 is 1.97 bits per heavy atom. The number of allylic oxidation sites excluding steroid dienone is 1. The van der Waals surface area contributed by atoms with Gasteiger partial charge in [0.2, 0.25) is 11.8 Å². The van der Waals surface area contributed by atoms with Crippen LogP contribution in [0, 0.1) is 11.8 Å². The maximum Gasteiger partial charge on any atom is 0.409 e. The smallest absolute Gasteiger partial charge is 0.409 e. The lowest BCUT2D eigenvalue weighted by atomic mass is 9.98. The second-order valence-corrected chi connectivity index (χ2v) is 10.7. The largest absolute Gasteiger partial charge is 0.450 e. The van der Waals surface area contributed by atoms with E-state index in [-0.39, 0.29) is 18.4 Å². The molecule has 3 unspecified atom stereocenters. The van der Waals surface area contributed by atoms with E-state index >= 15 is 0 Å². The van der Waals surface area contributed by atoms with Crippen LogP contribution in [0.15, 0.2) is 54.7 Å². The summed E-state index contributed by atoms with van der Waals surface area (Å²) >= 11 is 0. The molecule has 39 heavy (non-hydrogen) atoms.